The van der Waals surface area contributed by atoms with Crippen molar-refractivity contribution in [2.45, 2.75) is 32.0 Å². The molecule has 1 amide bonds. The highest BCUT2D eigenvalue weighted by Gasteiger charge is 2.34. The summed E-state index contributed by atoms with van der Waals surface area (Å²) in [6.45, 7) is 1.35. The Labute approximate surface area is 124 Å². The van der Waals surface area contributed by atoms with E-state index in [2.05, 4.69) is 9.97 Å². The number of hydrogen-bond acceptors (Lipinski definition) is 5. The second kappa shape index (κ2) is 6.69. The van der Waals surface area contributed by atoms with Gasteiger partial charge in [0, 0.05) is 19.2 Å². The third-order valence-electron chi connectivity index (χ3n) is 2.79. The first-order valence-electron chi connectivity index (χ1n) is 6.20. The highest BCUT2D eigenvalue weighted by atomic mass is 19.4. The van der Waals surface area contributed by atoms with Crippen LogP contribution in [-0.4, -0.2) is 40.0 Å². The number of carbonyl (C=O) groups is 2. The minimum absolute atomic E-state index is 0.0548. The molecule has 1 unspecified atom stereocenters. The molecule has 0 radical (unpaired) electrons. The normalized spacial score (nSPS) is 12.8. The van der Waals surface area contributed by atoms with Crippen molar-refractivity contribution >= 4 is 17.8 Å². The van der Waals surface area contributed by atoms with Crippen molar-refractivity contribution in [3.05, 3.63) is 17.5 Å². The van der Waals surface area contributed by atoms with Crippen molar-refractivity contribution in [2.75, 3.05) is 11.9 Å². The lowest BCUT2D eigenvalue weighted by atomic mass is 10.1. The van der Waals surface area contributed by atoms with Crippen molar-refractivity contribution in [2.24, 2.45) is 5.73 Å². The van der Waals surface area contributed by atoms with E-state index in [0.717, 1.165) is 11.0 Å². The van der Waals surface area contributed by atoms with Gasteiger partial charge in [0.05, 0.1) is 0 Å². The smallest absolute Gasteiger partial charge is 0.433 e. The Kier molecular flexibility index (Phi) is 5.42. The van der Waals surface area contributed by atoms with E-state index < -0.39 is 35.7 Å². The van der Waals surface area contributed by atoms with Crippen LogP contribution in [-0.2, 0) is 15.8 Å². The molecule has 0 fully saturated rings. The van der Waals surface area contributed by atoms with Crippen LogP contribution in [0.5, 0.6) is 0 Å². The zero-order chi connectivity index (χ0) is 17.1. The van der Waals surface area contributed by atoms with Gasteiger partial charge in [-0.3, -0.25) is 14.5 Å². The van der Waals surface area contributed by atoms with Crippen molar-refractivity contribution < 1.29 is 27.9 Å². The van der Waals surface area contributed by atoms with Crippen LogP contribution in [0.4, 0.5) is 19.1 Å². The van der Waals surface area contributed by atoms with Gasteiger partial charge < -0.3 is 10.8 Å². The van der Waals surface area contributed by atoms with Crippen LogP contribution in [0.3, 0.4) is 0 Å². The number of carboxylic acid groups (broad SMARTS) is 1. The van der Waals surface area contributed by atoms with Gasteiger partial charge in [-0.1, -0.05) is 0 Å². The minimum atomic E-state index is -4.65. The van der Waals surface area contributed by atoms with Gasteiger partial charge in [0.15, 0.2) is 0 Å². The highest BCUT2D eigenvalue weighted by molar-refractivity contribution is 5.91. The molecule has 0 bridgehead atoms. The molecule has 1 atom stereocenters. The minimum Gasteiger partial charge on any atom is -0.480 e. The SMILES string of the molecule is Cc1cc(C(F)(F)F)nc(N(C)C(=O)CCC(N)C(=O)O)n1. The van der Waals surface area contributed by atoms with E-state index in [4.69, 9.17) is 10.8 Å². The summed E-state index contributed by atoms with van der Waals surface area (Å²) in [5, 5.41) is 8.61. The molecule has 1 aromatic heterocycles. The van der Waals surface area contributed by atoms with Gasteiger partial charge in [0.1, 0.15) is 11.7 Å². The van der Waals surface area contributed by atoms with Crippen LogP contribution >= 0.6 is 0 Å². The number of rotatable bonds is 5. The van der Waals surface area contributed by atoms with Crippen LogP contribution in [0.25, 0.3) is 0 Å². The van der Waals surface area contributed by atoms with E-state index in [0.29, 0.717) is 0 Å². The maximum absolute atomic E-state index is 12.7. The average molecular weight is 320 g/mol. The molecular weight excluding hydrogens is 305 g/mol. The lowest BCUT2D eigenvalue weighted by Crippen LogP contribution is -2.34. The number of carboxylic acids is 1. The molecule has 0 aliphatic heterocycles. The fourth-order valence-electron chi connectivity index (χ4n) is 1.53. The standard InChI is InChI=1S/C12H15F3N4O3/c1-6-5-8(12(13,14)15)18-11(17-6)19(2)9(20)4-3-7(16)10(21)22/h5,7H,3-4,16H2,1-2H3,(H,21,22). The summed E-state index contributed by atoms with van der Waals surface area (Å²) in [5.74, 6) is -2.29. The molecule has 0 aliphatic carbocycles. The third-order valence-corrected chi connectivity index (χ3v) is 2.79. The molecule has 1 rings (SSSR count). The van der Waals surface area contributed by atoms with Crippen molar-refractivity contribution in [3.63, 3.8) is 0 Å². The van der Waals surface area contributed by atoms with E-state index in [9.17, 15) is 22.8 Å². The molecule has 22 heavy (non-hydrogen) atoms. The summed E-state index contributed by atoms with van der Waals surface area (Å²) in [4.78, 5) is 30.3. The molecule has 0 saturated carbocycles. The number of aryl methyl sites for hydroxylation is 1. The Morgan fingerprint density at radius 3 is 2.50 bits per heavy atom. The van der Waals surface area contributed by atoms with Crippen molar-refractivity contribution in [1.29, 1.82) is 0 Å². The van der Waals surface area contributed by atoms with Gasteiger partial charge in [0.2, 0.25) is 11.9 Å². The van der Waals surface area contributed by atoms with Crippen LogP contribution < -0.4 is 10.6 Å². The Balaban J connectivity index is 2.89. The summed E-state index contributed by atoms with van der Waals surface area (Å²) < 4.78 is 38.0. The quantitative estimate of drug-likeness (QED) is 0.836. The zero-order valence-electron chi connectivity index (χ0n) is 11.9. The van der Waals surface area contributed by atoms with Gasteiger partial charge in [-0.2, -0.15) is 13.2 Å². The van der Waals surface area contributed by atoms with E-state index in [1.165, 1.54) is 14.0 Å². The second-order valence-corrected chi connectivity index (χ2v) is 4.63. The third kappa shape index (κ3) is 4.65. The topological polar surface area (TPSA) is 109 Å². The summed E-state index contributed by atoms with van der Waals surface area (Å²) in [5.41, 5.74) is 4.16. The molecule has 7 nitrogen and oxygen atoms in total. The predicted molar refractivity (Wildman–Crippen MR) is 70.0 cm³/mol. The summed E-state index contributed by atoms with van der Waals surface area (Å²) >= 11 is 0. The first-order chi connectivity index (χ1) is 10.0. The molecule has 3 N–H and O–H groups in total. The van der Waals surface area contributed by atoms with E-state index in [1.807, 2.05) is 0 Å². The van der Waals surface area contributed by atoms with Crippen LogP contribution in [0.1, 0.15) is 24.2 Å². The van der Waals surface area contributed by atoms with Crippen molar-refractivity contribution in [3.8, 4) is 0 Å². The van der Waals surface area contributed by atoms with Crippen molar-refractivity contribution in [1.82, 2.24) is 9.97 Å². The Bertz CT molecular complexity index is 577. The number of hydrogen-bond donors (Lipinski definition) is 2. The molecule has 0 aliphatic rings. The number of aromatic nitrogens is 2. The fraction of sp³-hybridized carbons (Fsp3) is 0.500. The van der Waals surface area contributed by atoms with Gasteiger partial charge in [-0.15, -0.1) is 0 Å². The van der Waals surface area contributed by atoms with E-state index in [-0.39, 0.29) is 18.5 Å². The Morgan fingerprint density at radius 2 is 2.00 bits per heavy atom. The van der Waals surface area contributed by atoms with Gasteiger partial charge >= 0.3 is 12.1 Å². The second-order valence-electron chi connectivity index (χ2n) is 4.63. The molecule has 1 heterocycles. The zero-order valence-corrected chi connectivity index (χ0v) is 11.9. The van der Waals surface area contributed by atoms with Crippen LogP contribution in [0.2, 0.25) is 0 Å². The number of aliphatic carboxylic acids is 1. The largest absolute Gasteiger partial charge is 0.480 e. The number of amides is 1. The molecule has 0 aromatic carbocycles. The van der Waals surface area contributed by atoms with Gasteiger partial charge in [-0.05, 0) is 19.4 Å². The average Bonchev–Trinajstić information content (AvgIpc) is 2.41. The first-order valence-corrected chi connectivity index (χ1v) is 6.20. The number of nitrogens with zero attached hydrogens (tertiary/aromatic N) is 3. The first kappa shape index (κ1) is 17.8. The maximum Gasteiger partial charge on any atom is 0.433 e. The van der Waals surface area contributed by atoms with Crippen LogP contribution in [0, 0.1) is 6.92 Å². The molecular formula is C12H15F3N4O3. The molecule has 0 saturated heterocycles. The highest BCUT2D eigenvalue weighted by Crippen LogP contribution is 2.29. The monoisotopic (exact) mass is 320 g/mol. The van der Waals surface area contributed by atoms with E-state index >= 15 is 0 Å². The lowest BCUT2D eigenvalue weighted by molar-refractivity contribution is -0.141. The number of nitrogens with two attached hydrogens (primary N) is 1. The van der Waals surface area contributed by atoms with E-state index in [1.54, 1.807) is 0 Å². The molecule has 122 valence electrons. The number of halogens is 3. The molecule has 1 aromatic rings. The van der Waals surface area contributed by atoms with Gasteiger partial charge in [0.25, 0.3) is 0 Å². The predicted octanol–water partition coefficient (Wildman–Crippen LogP) is 0.959. The number of carbonyl (C=O) groups excluding carboxylic acids is 1. The summed E-state index contributed by atoms with van der Waals surface area (Å²) in [7, 11) is 1.21. The van der Waals surface area contributed by atoms with Crippen LogP contribution in [0.15, 0.2) is 6.07 Å². The maximum atomic E-state index is 12.7. The summed E-state index contributed by atoms with van der Waals surface area (Å²) in [6, 6.07) is -0.455. The molecule has 0 spiro atoms. The Morgan fingerprint density at radius 1 is 1.41 bits per heavy atom. The summed E-state index contributed by atoms with van der Waals surface area (Å²) in [6.07, 6.45) is -5.04. The fourth-order valence-corrected chi connectivity index (χ4v) is 1.53. The Hall–Kier alpha value is -2.23. The van der Waals surface area contributed by atoms with Gasteiger partial charge in [-0.25, -0.2) is 9.97 Å². The lowest BCUT2D eigenvalue weighted by Gasteiger charge is -2.17. The number of anilines is 1. The molecule has 10 heteroatoms. The number of alkyl halides is 3.